The number of hydrogen-bond donors (Lipinski definition) is 3. The van der Waals surface area contributed by atoms with Crippen LogP contribution in [0.25, 0.3) is 0 Å². The minimum atomic E-state index is -3.61. The van der Waals surface area contributed by atoms with Gasteiger partial charge in [0.2, 0.25) is 17.8 Å². The van der Waals surface area contributed by atoms with Gasteiger partial charge in [-0.1, -0.05) is 0 Å². The molecule has 4 amide bonds. The summed E-state index contributed by atoms with van der Waals surface area (Å²) in [4.78, 5) is 66.7. The molecule has 5 heterocycles. The van der Waals surface area contributed by atoms with E-state index in [-0.39, 0.29) is 71.0 Å². The van der Waals surface area contributed by atoms with Crippen molar-refractivity contribution in [2.24, 2.45) is 11.3 Å². The lowest BCUT2D eigenvalue weighted by atomic mass is 9.60. The Balaban J connectivity index is 0.794. The number of alkyl halides is 2. The zero-order chi connectivity index (χ0) is 45.7. The number of hydrogen-bond acceptors (Lipinski definition) is 12. The van der Waals surface area contributed by atoms with Gasteiger partial charge >= 0.3 is 5.92 Å². The number of nitrogens with zero attached hydrogens (tertiary/aromatic N) is 7. The van der Waals surface area contributed by atoms with Gasteiger partial charge in [0.15, 0.2) is 17.5 Å². The summed E-state index contributed by atoms with van der Waals surface area (Å²) >= 11 is 0. The van der Waals surface area contributed by atoms with Crippen molar-refractivity contribution in [3.05, 3.63) is 53.7 Å². The van der Waals surface area contributed by atoms with E-state index < -0.39 is 42.0 Å². The van der Waals surface area contributed by atoms with Crippen LogP contribution in [-0.4, -0.2) is 123 Å². The van der Waals surface area contributed by atoms with Gasteiger partial charge in [-0.05, 0) is 114 Å². The van der Waals surface area contributed by atoms with Crippen LogP contribution >= 0.6 is 0 Å². The Kier molecular flexibility index (Phi) is 12.4. The summed E-state index contributed by atoms with van der Waals surface area (Å²) in [5.74, 6) is -6.25. The van der Waals surface area contributed by atoms with Crippen molar-refractivity contribution in [2.75, 3.05) is 85.4 Å². The third kappa shape index (κ3) is 8.99. The van der Waals surface area contributed by atoms with Crippen molar-refractivity contribution in [3.63, 3.8) is 0 Å². The SMILES string of the molecule is COc1cc(C(=O)NC2CC3(CCN(CC4CCN(c5c(F)cc(N(C)C6CCC(=O)NC6=O)cc5F)CC4)CC3)C2)ccc1Nc1ncc2c(n1)N(C(C)C)CC(F)(F)C(=O)N2C. The summed E-state index contributed by atoms with van der Waals surface area (Å²) in [5, 5.41) is 8.55. The Bertz CT molecular complexity index is 2270. The summed E-state index contributed by atoms with van der Waals surface area (Å²) in [7, 11) is 4.35. The van der Waals surface area contributed by atoms with Crippen LogP contribution in [0.1, 0.15) is 75.6 Å². The second-order valence-electron chi connectivity index (χ2n) is 18.4. The number of carbonyl (C=O) groups excluding carboxylic acids is 4. The molecule has 4 aliphatic heterocycles. The molecule has 344 valence electrons. The number of methoxy groups -OCH3 is 1. The maximum Gasteiger partial charge on any atom is 0.342 e. The van der Waals surface area contributed by atoms with Crippen LogP contribution in [0.4, 0.5) is 52.1 Å². The molecule has 3 aromatic rings. The van der Waals surface area contributed by atoms with Gasteiger partial charge in [-0.2, -0.15) is 13.8 Å². The van der Waals surface area contributed by atoms with Crippen LogP contribution in [0.15, 0.2) is 36.5 Å². The summed E-state index contributed by atoms with van der Waals surface area (Å²) in [6.45, 7) is 6.60. The number of ether oxygens (including phenoxy) is 1. The molecule has 1 saturated carbocycles. The third-order valence-corrected chi connectivity index (χ3v) is 13.8. The lowest BCUT2D eigenvalue weighted by molar-refractivity contribution is -0.140. The summed E-state index contributed by atoms with van der Waals surface area (Å²) < 4.78 is 66.0. The molecular weight excluding hydrogens is 837 g/mol. The number of likely N-dealkylation sites (N-methyl/N-ethyl adjacent to an activating group) is 1. The zero-order valence-corrected chi connectivity index (χ0v) is 36.9. The molecule has 2 aromatic carbocycles. The Labute approximate surface area is 369 Å². The van der Waals surface area contributed by atoms with E-state index in [4.69, 9.17) is 4.74 Å². The minimum absolute atomic E-state index is 0.0435. The van der Waals surface area contributed by atoms with E-state index in [0.29, 0.717) is 36.0 Å². The van der Waals surface area contributed by atoms with Gasteiger partial charge in [0.05, 0.1) is 25.5 Å². The Morgan fingerprint density at radius 1 is 1.02 bits per heavy atom. The molecular formula is C45H56F4N10O5. The fourth-order valence-electron chi connectivity index (χ4n) is 10.0. The van der Waals surface area contributed by atoms with Crippen LogP contribution in [0.5, 0.6) is 5.75 Å². The minimum Gasteiger partial charge on any atom is -0.495 e. The van der Waals surface area contributed by atoms with Crippen LogP contribution < -0.4 is 40.3 Å². The van der Waals surface area contributed by atoms with Gasteiger partial charge in [0.25, 0.3) is 11.8 Å². The predicted octanol–water partition coefficient (Wildman–Crippen LogP) is 5.47. The quantitative estimate of drug-likeness (QED) is 0.165. The first-order valence-corrected chi connectivity index (χ1v) is 22.0. The van der Waals surface area contributed by atoms with Gasteiger partial charge < -0.3 is 39.9 Å². The second kappa shape index (κ2) is 17.7. The highest BCUT2D eigenvalue weighted by Crippen LogP contribution is 2.49. The van der Waals surface area contributed by atoms with E-state index in [1.807, 2.05) is 0 Å². The Morgan fingerprint density at radius 3 is 2.34 bits per heavy atom. The highest BCUT2D eigenvalue weighted by atomic mass is 19.3. The smallest absolute Gasteiger partial charge is 0.342 e. The number of aromatic nitrogens is 2. The molecule has 64 heavy (non-hydrogen) atoms. The number of amides is 4. The summed E-state index contributed by atoms with van der Waals surface area (Å²) in [6.07, 6.45) is 7.30. The zero-order valence-electron chi connectivity index (χ0n) is 36.9. The lowest BCUT2D eigenvalue weighted by Gasteiger charge is -2.52. The number of halogens is 4. The Hall–Kier alpha value is -5.72. The number of benzene rings is 2. The largest absolute Gasteiger partial charge is 0.495 e. The normalized spacial score (nSPS) is 21.6. The molecule has 15 nitrogen and oxygen atoms in total. The van der Waals surface area contributed by atoms with E-state index in [0.717, 1.165) is 63.1 Å². The molecule has 3 saturated heterocycles. The van der Waals surface area contributed by atoms with Gasteiger partial charge in [0, 0.05) is 63.5 Å². The second-order valence-corrected chi connectivity index (χ2v) is 18.4. The molecule has 3 N–H and O–H groups in total. The molecule has 1 unspecified atom stereocenters. The van der Waals surface area contributed by atoms with Crippen molar-refractivity contribution >= 4 is 58.1 Å². The molecule has 4 fully saturated rings. The van der Waals surface area contributed by atoms with Crippen molar-refractivity contribution in [2.45, 2.75) is 89.3 Å². The number of carbonyl (C=O) groups is 4. The summed E-state index contributed by atoms with van der Waals surface area (Å²) in [6, 6.07) is 6.48. The molecule has 0 bridgehead atoms. The molecule has 1 aromatic heterocycles. The van der Waals surface area contributed by atoms with Crippen molar-refractivity contribution in [3.8, 4) is 5.75 Å². The number of imide groups is 1. The molecule has 19 heteroatoms. The number of rotatable bonds is 11. The van der Waals surface area contributed by atoms with Gasteiger partial charge in [-0.25, -0.2) is 13.8 Å². The summed E-state index contributed by atoms with van der Waals surface area (Å²) in [5.41, 5.74) is 1.43. The van der Waals surface area contributed by atoms with Crippen LogP contribution in [-0.2, 0) is 14.4 Å². The van der Waals surface area contributed by atoms with Crippen molar-refractivity contribution < 1.29 is 41.5 Å². The number of piperidine rings is 3. The van der Waals surface area contributed by atoms with E-state index in [1.54, 1.807) is 44.0 Å². The maximum atomic E-state index is 15.4. The van der Waals surface area contributed by atoms with Crippen molar-refractivity contribution in [1.82, 2.24) is 25.5 Å². The van der Waals surface area contributed by atoms with Gasteiger partial charge in [0.1, 0.15) is 23.2 Å². The number of fused-ring (bicyclic) bond motifs is 1. The first-order chi connectivity index (χ1) is 30.4. The van der Waals surface area contributed by atoms with Gasteiger partial charge in [-0.3, -0.25) is 24.5 Å². The van der Waals surface area contributed by atoms with Crippen molar-refractivity contribution in [1.29, 1.82) is 0 Å². The van der Waals surface area contributed by atoms with Gasteiger partial charge in [-0.15, -0.1) is 0 Å². The van der Waals surface area contributed by atoms with Crippen LogP contribution in [0.3, 0.4) is 0 Å². The Morgan fingerprint density at radius 2 is 1.70 bits per heavy atom. The van der Waals surface area contributed by atoms with E-state index in [9.17, 15) is 28.0 Å². The molecule has 1 spiro atoms. The molecule has 5 aliphatic rings. The average Bonchev–Trinajstić information content (AvgIpc) is 3.32. The first-order valence-electron chi connectivity index (χ1n) is 22.0. The monoisotopic (exact) mass is 892 g/mol. The fraction of sp³-hybridized carbons (Fsp3) is 0.556. The van der Waals surface area contributed by atoms with E-state index in [2.05, 4.69) is 30.8 Å². The molecule has 0 radical (unpaired) electrons. The standard InChI is InChI=1S/C45H56F4N10O5/c1-26(2)59-25-45(48,49)42(63)56(4)35-23-50-43(54-39(35)59)52-33-7-6-28(18-36(33)64-5)40(61)51-29-21-44(22-29)12-16-57(17-13-44)24-27-10-14-58(15-11-27)38-31(46)19-30(20-32(38)47)55(3)34-8-9-37(60)53-41(34)62/h6-7,18-20,23,26-27,29,34H,8-17,21-22,24-25H2,1-5H3,(H,51,61)(H,50,52,54)(H,53,60,62). The topological polar surface area (TPSA) is 156 Å². The third-order valence-electron chi connectivity index (χ3n) is 13.8. The number of nitrogens with one attached hydrogen (secondary N) is 3. The number of likely N-dealkylation sites (tertiary alicyclic amines) is 1. The van der Waals surface area contributed by atoms with E-state index in [1.165, 1.54) is 42.3 Å². The molecule has 8 rings (SSSR count). The predicted molar refractivity (Wildman–Crippen MR) is 234 cm³/mol. The fourth-order valence-corrected chi connectivity index (χ4v) is 10.0. The number of anilines is 6. The first kappa shape index (κ1) is 44.9. The average molecular weight is 893 g/mol. The highest BCUT2D eigenvalue weighted by Gasteiger charge is 2.48. The van der Waals surface area contributed by atoms with E-state index >= 15 is 8.78 Å². The lowest BCUT2D eigenvalue weighted by Crippen LogP contribution is -2.55. The maximum absolute atomic E-state index is 15.4. The molecule has 1 aliphatic carbocycles. The van der Waals surface area contributed by atoms with Crippen LogP contribution in [0, 0.1) is 23.0 Å². The molecule has 1 atom stereocenters. The van der Waals surface area contributed by atoms with Crippen LogP contribution in [0.2, 0.25) is 0 Å². The highest BCUT2D eigenvalue weighted by molar-refractivity contribution is 6.02.